The molecule has 0 aliphatic carbocycles. The summed E-state index contributed by atoms with van der Waals surface area (Å²) in [7, 11) is 0. The minimum absolute atomic E-state index is 0. The van der Waals surface area contributed by atoms with Gasteiger partial charge < -0.3 is 5.32 Å². The average Bonchev–Trinajstić information content (AvgIpc) is 2.94. The van der Waals surface area contributed by atoms with Gasteiger partial charge in [0.1, 0.15) is 6.04 Å². The molecule has 1 aromatic rings. The first-order chi connectivity index (χ1) is 8.63. The van der Waals surface area contributed by atoms with Gasteiger partial charge in [-0.05, 0) is 20.3 Å². The van der Waals surface area contributed by atoms with Crippen molar-refractivity contribution < 1.29 is 4.79 Å². The zero-order valence-corrected chi connectivity index (χ0v) is 12.4. The number of halogens is 1. The number of carbonyl (C=O) groups excluding carboxylic acids is 1. The second-order valence-corrected chi connectivity index (χ2v) is 4.57. The normalized spacial score (nSPS) is 17.3. The number of anilines is 1. The van der Waals surface area contributed by atoms with E-state index in [1.807, 2.05) is 30.7 Å². The van der Waals surface area contributed by atoms with Crippen LogP contribution in [0.2, 0.25) is 0 Å². The maximum Gasteiger partial charge on any atom is 0.245 e. The van der Waals surface area contributed by atoms with Crippen LogP contribution in [0.5, 0.6) is 0 Å². The highest BCUT2D eigenvalue weighted by atomic mass is 35.5. The van der Waals surface area contributed by atoms with Gasteiger partial charge in [-0.3, -0.25) is 14.8 Å². The van der Waals surface area contributed by atoms with Crippen LogP contribution in [-0.2, 0) is 11.3 Å². The molecule has 0 radical (unpaired) electrons. The van der Waals surface area contributed by atoms with Crippen LogP contribution in [0.3, 0.4) is 0 Å². The molecule has 1 unspecified atom stereocenters. The van der Waals surface area contributed by atoms with E-state index in [9.17, 15) is 4.79 Å². The fraction of sp³-hybridized carbons (Fsp3) is 0.538. The topological polar surface area (TPSA) is 59.0 Å². The van der Waals surface area contributed by atoms with Crippen molar-refractivity contribution in [3.63, 3.8) is 0 Å². The summed E-state index contributed by atoms with van der Waals surface area (Å²) < 4.78 is 1.95. The van der Waals surface area contributed by atoms with E-state index in [0.29, 0.717) is 0 Å². The molecule has 2 heterocycles. The Kier molecular flexibility index (Phi) is 5.57. The third kappa shape index (κ3) is 3.36. The Morgan fingerprint density at radius 3 is 2.89 bits per heavy atom. The highest BCUT2D eigenvalue weighted by Gasteiger charge is 2.20. The third-order valence-electron chi connectivity index (χ3n) is 3.13. The molecule has 106 valence electrons. The van der Waals surface area contributed by atoms with Gasteiger partial charge >= 0.3 is 0 Å². The van der Waals surface area contributed by atoms with E-state index in [0.717, 1.165) is 36.6 Å². The minimum Gasteiger partial charge on any atom is -0.321 e. The fourth-order valence-electron chi connectivity index (χ4n) is 2.16. The van der Waals surface area contributed by atoms with E-state index in [2.05, 4.69) is 22.7 Å². The van der Waals surface area contributed by atoms with Gasteiger partial charge in [-0.2, -0.15) is 5.10 Å². The van der Waals surface area contributed by atoms with Crippen LogP contribution in [-0.4, -0.2) is 28.3 Å². The Morgan fingerprint density at radius 2 is 2.32 bits per heavy atom. The van der Waals surface area contributed by atoms with Crippen LogP contribution in [0.1, 0.15) is 24.7 Å². The van der Waals surface area contributed by atoms with Crippen molar-refractivity contribution >= 4 is 24.0 Å². The van der Waals surface area contributed by atoms with Gasteiger partial charge in [0.25, 0.3) is 0 Å². The van der Waals surface area contributed by atoms with Crippen LogP contribution < -0.4 is 10.6 Å². The predicted molar refractivity (Wildman–Crippen MR) is 78.8 cm³/mol. The maximum atomic E-state index is 12.0. The van der Waals surface area contributed by atoms with Gasteiger partial charge in [-0.25, -0.2) is 0 Å². The molecule has 2 rings (SSSR count). The lowest BCUT2D eigenvalue weighted by Gasteiger charge is -2.10. The number of hydrogen-bond donors (Lipinski definition) is 2. The van der Waals surface area contributed by atoms with Crippen LogP contribution in [0.25, 0.3) is 0 Å². The van der Waals surface area contributed by atoms with E-state index >= 15 is 0 Å². The van der Waals surface area contributed by atoms with Crippen molar-refractivity contribution in [2.24, 2.45) is 0 Å². The van der Waals surface area contributed by atoms with Gasteiger partial charge in [-0.15, -0.1) is 12.4 Å². The van der Waals surface area contributed by atoms with Crippen LogP contribution >= 0.6 is 12.4 Å². The van der Waals surface area contributed by atoms with Crippen LogP contribution in [0.4, 0.5) is 5.69 Å². The summed E-state index contributed by atoms with van der Waals surface area (Å²) in [5, 5.41) is 10.5. The molecule has 0 spiro atoms. The Balaban J connectivity index is 0.00000180. The first-order valence-corrected chi connectivity index (χ1v) is 6.38. The highest BCUT2D eigenvalue weighted by molar-refractivity contribution is 5.97. The molecule has 1 aliphatic heterocycles. The summed E-state index contributed by atoms with van der Waals surface area (Å²) in [4.78, 5) is 12.0. The molecule has 0 saturated carbocycles. The quantitative estimate of drug-likeness (QED) is 0.829. The van der Waals surface area contributed by atoms with Gasteiger partial charge in [0, 0.05) is 13.1 Å². The van der Waals surface area contributed by atoms with E-state index in [1.165, 1.54) is 0 Å². The number of nitrogens with one attached hydrogen (secondary N) is 2. The molecule has 2 N–H and O–H groups in total. The molecule has 0 bridgehead atoms. The summed E-state index contributed by atoms with van der Waals surface area (Å²) in [6.07, 6.45) is 4.88. The summed E-state index contributed by atoms with van der Waals surface area (Å²) >= 11 is 0. The molecule has 19 heavy (non-hydrogen) atoms. The second-order valence-electron chi connectivity index (χ2n) is 4.57. The Labute approximate surface area is 119 Å². The predicted octanol–water partition coefficient (Wildman–Crippen LogP) is 1.80. The zero-order valence-electron chi connectivity index (χ0n) is 11.6. The standard InChI is InChI=1S/C13H20N4O.ClH/c1-4-8-17-10(3)12(9(2)16-17)15-13(18)11-6-5-7-14-11;/h5-6,11,14H,4,7-8H2,1-3H3,(H,15,18);1H. The van der Waals surface area contributed by atoms with Crippen molar-refractivity contribution in [2.45, 2.75) is 39.8 Å². The number of amides is 1. The van der Waals surface area contributed by atoms with Crippen molar-refractivity contribution in [1.29, 1.82) is 0 Å². The van der Waals surface area contributed by atoms with E-state index < -0.39 is 0 Å². The summed E-state index contributed by atoms with van der Waals surface area (Å²) in [5.41, 5.74) is 2.73. The number of rotatable bonds is 4. The molecule has 6 heteroatoms. The monoisotopic (exact) mass is 284 g/mol. The van der Waals surface area contributed by atoms with Gasteiger partial charge in [0.2, 0.25) is 5.91 Å². The summed E-state index contributed by atoms with van der Waals surface area (Å²) in [5.74, 6) is -0.0222. The van der Waals surface area contributed by atoms with E-state index in [4.69, 9.17) is 0 Å². The number of aromatic nitrogens is 2. The van der Waals surface area contributed by atoms with Crippen LogP contribution in [0.15, 0.2) is 12.2 Å². The van der Waals surface area contributed by atoms with Crippen LogP contribution in [0, 0.1) is 13.8 Å². The van der Waals surface area contributed by atoms with Gasteiger partial charge in [0.15, 0.2) is 0 Å². The lowest BCUT2D eigenvalue weighted by Crippen LogP contribution is -2.35. The van der Waals surface area contributed by atoms with Crippen molar-refractivity contribution in [3.8, 4) is 0 Å². The molecule has 0 saturated heterocycles. The Morgan fingerprint density at radius 1 is 1.58 bits per heavy atom. The molecule has 0 aromatic carbocycles. The Bertz CT molecular complexity index is 481. The lowest BCUT2D eigenvalue weighted by atomic mass is 10.2. The SMILES string of the molecule is CCCn1nc(C)c(NC(=O)C2C=CCN2)c1C.Cl. The molecule has 1 aromatic heterocycles. The molecular weight excluding hydrogens is 264 g/mol. The lowest BCUT2D eigenvalue weighted by molar-refractivity contribution is -0.116. The smallest absolute Gasteiger partial charge is 0.245 e. The highest BCUT2D eigenvalue weighted by Crippen LogP contribution is 2.20. The number of hydrogen-bond acceptors (Lipinski definition) is 3. The largest absolute Gasteiger partial charge is 0.321 e. The first kappa shape index (κ1) is 15.7. The number of carbonyl (C=O) groups is 1. The van der Waals surface area contributed by atoms with Gasteiger partial charge in [-0.1, -0.05) is 19.1 Å². The van der Waals surface area contributed by atoms with E-state index in [1.54, 1.807) is 0 Å². The van der Waals surface area contributed by atoms with E-state index in [-0.39, 0.29) is 24.4 Å². The van der Waals surface area contributed by atoms with Gasteiger partial charge in [0.05, 0.1) is 17.1 Å². The Hall–Kier alpha value is -1.33. The fourth-order valence-corrected chi connectivity index (χ4v) is 2.16. The third-order valence-corrected chi connectivity index (χ3v) is 3.13. The second kappa shape index (κ2) is 6.73. The summed E-state index contributed by atoms with van der Waals surface area (Å²) in [6, 6.07) is -0.224. The molecule has 0 fully saturated rings. The summed E-state index contributed by atoms with van der Waals surface area (Å²) in [6.45, 7) is 7.66. The number of nitrogens with zero attached hydrogens (tertiary/aromatic N) is 2. The zero-order chi connectivity index (χ0) is 13.1. The molecule has 1 amide bonds. The average molecular weight is 285 g/mol. The molecule has 1 aliphatic rings. The number of aryl methyl sites for hydroxylation is 2. The molecule has 1 atom stereocenters. The maximum absolute atomic E-state index is 12.0. The van der Waals surface area contributed by atoms with Crippen molar-refractivity contribution in [3.05, 3.63) is 23.5 Å². The molecular formula is C13H21ClN4O. The minimum atomic E-state index is -0.224. The molecule has 5 nitrogen and oxygen atoms in total. The van der Waals surface area contributed by atoms with Crippen molar-refractivity contribution in [1.82, 2.24) is 15.1 Å². The first-order valence-electron chi connectivity index (χ1n) is 6.38. The van der Waals surface area contributed by atoms with Crippen molar-refractivity contribution in [2.75, 3.05) is 11.9 Å².